The van der Waals surface area contributed by atoms with E-state index in [1.54, 1.807) is 0 Å². The predicted octanol–water partition coefficient (Wildman–Crippen LogP) is 0.843. The second-order valence-electron chi connectivity index (χ2n) is 2.21. The van der Waals surface area contributed by atoms with Crippen LogP contribution < -0.4 is 0 Å². The van der Waals surface area contributed by atoms with Crippen LogP contribution >= 0.6 is 0 Å². The van der Waals surface area contributed by atoms with Gasteiger partial charge in [0.1, 0.15) is 0 Å². The SMILES string of the molecule is CC(C)CCOS(=O)[O-]. The minimum absolute atomic E-state index is 0.299. The molecule has 1 atom stereocenters. The van der Waals surface area contributed by atoms with Crippen LogP contribution in [0.4, 0.5) is 0 Å². The van der Waals surface area contributed by atoms with E-state index in [1.165, 1.54) is 0 Å². The summed E-state index contributed by atoms with van der Waals surface area (Å²) in [5.41, 5.74) is 0. The standard InChI is InChI=1S/C5H12O3S/c1-5(2)3-4-8-9(6)7/h5H,3-4H2,1-2H3,(H,6,7)/p-1. The third kappa shape index (κ3) is 8.07. The molecule has 9 heavy (non-hydrogen) atoms. The van der Waals surface area contributed by atoms with Crippen molar-refractivity contribution in [3.63, 3.8) is 0 Å². The molecule has 56 valence electrons. The molecule has 0 amide bonds. The van der Waals surface area contributed by atoms with Gasteiger partial charge < -0.3 is 8.74 Å². The number of hydrogen-bond acceptors (Lipinski definition) is 3. The van der Waals surface area contributed by atoms with E-state index >= 15 is 0 Å². The van der Waals surface area contributed by atoms with Crippen LogP contribution in [0.1, 0.15) is 20.3 Å². The summed E-state index contributed by atoms with van der Waals surface area (Å²) in [6, 6.07) is 0. The summed E-state index contributed by atoms with van der Waals surface area (Å²) in [5, 5.41) is 0. The van der Waals surface area contributed by atoms with Crippen molar-refractivity contribution in [2.24, 2.45) is 5.92 Å². The number of hydrogen-bond donors (Lipinski definition) is 0. The van der Waals surface area contributed by atoms with E-state index < -0.39 is 11.4 Å². The van der Waals surface area contributed by atoms with Gasteiger partial charge in [0.15, 0.2) is 0 Å². The van der Waals surface area contributed by atoms with Crippen LogP contribution in [-0.4, -0.2) is 15.4 Å². The van der Waals surface area contributed by atoms with Crippen molar-refractivity contribution in [1.29, 1.82) is 0 Å². The molecule has 0 aliphatic heterocycles. The van der Waals surface area contributed by atoms with Gasteiger partial charge in [0.25, 0.3) is 0 Å². The van der Waals surface area contributed by atoms with Crippen LogP contribution in [0.2, 0.25) is 0 Å². The number of rotatable bonds is 4. The van der Waals surface area contributed by atoms with Crippen LogP contribution in [0, 0.1) is 5.92 Å². The van der Waals surface area contributed by atoms with Gasteiger partial charge in [-0.15, -0.1) is 0 Å². The first kappa shape index (κ1) is 9.07. The maximum absolute atomic E-state index is 9.76. The van der Waals surface area contributed by atoms with Gasteiger partial charge in [0.05, 0.1) is 18.0 Å². The van der Waals surface area contributed by atoms with Crippen molar-refractivity contribution in [1.82, 2.24) is 0 Å². The van der Waals surface area contributed by atoms with Crippen LogP contribution in [0.25, 0.3) is 0 Å². The van der Waals surface area contributed by atoms with Crippen molar-refractivity contribution >= 4 is 11.4 Å². The monoisotopic (exact) mass is 151 g/mol. The lowest BCUT2D eigenvalue weighted by atomic mass is 10.2. The van der Waals surface area contributed by atoms with E-state index in [4.69, 9.17) is 0 Å². The van der Waals surface area contributed by atoms with Gasteiger partial charge >= 0.3 is 0 Å². The highest BCUT2D eigenvalue weighted by atomic mass is 32.2. The van der Waals surface area contributed by atoms with Crippen molar-refractivity contribution in [2.45, 2.75) is 20.3 Å². The average molecular weight is 151 g/mol. The largest absolute Gasteiger partial charge is 0.750 e. The fraction of sp³-hybridized carbons (Fsp3) is 1.00. The summed E-state index contributed by atoms with van der Waals surface area (Å²) >= 11 is -2.33. The Morgan fingerprint density at radius 1 is 1.67 bits per heavy atom. The molecule has 1 unspecified atom stereocenters. The highest BCUT2D eigenvalue weighted by Gasteiger charge is 1.92. The second-order valence-corrected chi connectivity index (χ2v) is 2.85. The van der Waals surface area contributed by atoms with Gasteiger partial charge in [0.2, 0.25) is 0 Å². The van der Waals surface area contributed by atoms with Gasteiger partial charge in [-0.3, -0.25) is 0 Å². The van der Waals surface area contributed by atoms with Gasteiger partial charge in [-0.2, -0.15) is 0 Å². The van der Waals surface area contributed by atoms with E-state index in [1.807, 2.05) is 13.8 Å². The lowest BCUT2D eigenvalue weighted by molar-refractivity contribution is 0.279. The van der Waals surface area contributed by atoms with Crippen molar-refractivity contribution in [2.75, 3.05) is 6.61 Å². The zero-order chi connectivity index (χ0) is 7.28. The summed E-state index contributed by atoms with van der Waals surface area (Å²) in [6.45, 7) is 4.32. The van der Waals surface area contributed by atoms with Crippen molar-refractivity contribution < 1.29 is 12.9 Å². The van der Waals surface area contributed by atoms with Crippen LogP contribution in [-0.2, 0) is 15.5 Å². The molecule has 3 nitrogen and oxygen atoms in total. The first-order valence-corrected chi connectivity index (χ1v) is 3.85. The highest BCUT2D eigenvalue weighted by molar-refractivity contribution is 7.74. The molecule has 0 radical (unpaired) electrons. The van der Waals surface area contributed by atoms with Gasteiger partial charge in [0, 0.05) is 0 Å². The third-order valence-electron chi connectivity index (χ3n) is 0.875. The lowest BCUT2D eigenvalue weighted by Crippen LogP contribution is -2.00. The van der Waals surface area contributed by atoms with Gasteiger partial charge in [-0.1, -0.05) is 13.8 Å². The molecule has 0 saturated heterocycles. The third-order valence-corrected chi connectivity index (χ3v) is 1.23. The summed E-state index contributed by atoms with van der Waals surface area (Å²) in [7, 11) is 0. The molecule has 0 fully saturated rings. The topological polar surface area (TPSA) is 49.4 Å². The highest BCUT2D eigenvalue weighted by Crippen LogP contribution is 1.98. The Bertz CT molecular complexity index is 92.2. The molecule has 0 bridgehead atoms. The minimum atomic E-state index is -2.33. The fourth-order valence-corrected chi connectivity index (χ4v) is 0.584. The lowest BCUT2D eigenvalue weighted by Gasteiger charge is -2.06. The van der Waals surface area contributed by atoms with E-state index in [9.17, 15) is 8.76 Å². The Morgan fingerprint density at radius 3 is 2.56 bits per heavy atom. The van der Waals surface area contributed by atoms with Crippen LogP contribution in [0.15, 0.2) is 0 Å². The maximum Gasteiger partial charge on any atom is 0.0842 e. The van der Waals surface area contributed by atoms with Crippen molar-refractivity contribution in [3.05, 3.63) is 0 Å². The molecule has 4 heteroatoms. The molecule has 0 aliphatic carbocycles. The minimum Gasteiger partial charge on any atom is -0.750 e. The molecule has 0 saturated carbocycles. The predicted molar refractivity (Wildman–Crippen MR) is 34.3 cm³/mol. The Hall–Kier alpha value is 0.0700. The molecule has 0 aromatic rings. The van der Waals surface area contributed by atoms with E-state index in [2.05, 4.69) is 4.18 Å². The fourth-order valence-electron chi connectivity index (χ4n) is 0.352. The van der Waals surface area contributed by atoms with Gasteiger partial charge in [-0.05, 0) is 12.3 Å². The quantitative estimate of drug-likeness (QED) is 0.559. The average Bonchev–Trinajstić information content (AvgIpc) is 1.63. The van der Waals surface area contributed by atoms with Crippen molar-refractivity contribution in [3.8, 4) is 0 Å². The summed E-state index contributed by atoms with van der Waals surface area (Å²) in [6.07, 6.45) is 0.786. The van der Waals surface area contributed by atoms with E-state index in [0.29, 0.717) is 12.5 Å². The molecule has 0 heterocycles. The molecular weight excluding hydrogens is 140 g/mol. The second kappa shape index (κ2) is 4.90. The van der Waals surface area contributed by atoms with Crippen LogP contribution in [0.3, 0.4) is 0 Å². The molecular formula is C5H11O3S-. The smallest absolute Gasteiger partial charge is 0.0842 e. The van der Waals surface area contributed by atoms with E-state index in [0.717, 1.165) is 6.42 Å². The van der Waals surface area contributed by atoms with Gasteiger partial charge in [-0.25, -0.2) is 4.21 Å². The molecule has 0 aliphatic rings. The Kier molecular flexibility index (Phi) is 4.94. The summed E-state index contributed by atoms with van der Waals surface area (Å²) in [5.74, 6) is 0.494. The Labute approximate surface area is 57.9 Å². The Morgan fingerprint density at radius 2 is 2.22 bits per heavy atom. The van der Waals surface area contributed by atoms with Crippen LogP contribution in [0.5, 0.6) is 0 Å². The van der Waals surface area contributed by atoms with E-state index in [-0.39, 0.29) is 0 Å². The summed E-state index contributed by atoms with van der Waals surface area (Å²) < 4.78 is 23.8. The zero-order valence-corrected chi connectivity index (χ0v) is 6.44. The molecule has 0 spiro atoms. The molecule has 0 rings (SSSR count). The first-order valence-electron chi connectivity index (χ1n) is 2.85. The molecule has 0 aromatic carbocycles. The first-order chi connectivity index (χ1) is 4.13. The molecule has 0 N–H and O–H groups in total. The maximum atomic E-state index is 9.76. The Balaban J connectivity index is 3.01. The zero-order valence-electron chi connectivity index (χ0n) is 5.62. The molecule has 0 aromatic heterocycles. The summed E-state index contributed by atoms with van der Waals surface area (Å²) in [4.78, 5) is 0. The normalized spacial score (nSPS) is 14.2.